The number of benzene rings is 1. The molecule has 2 N–H and O–H groups in total. The molecule has 1 aromatic carbocycles. The van der Waals surface area contributed by atoms with Gasteiger partial charge in [-0.15, -0.1) is 0 Å². The Balaban J connectivity index is 1.64. The van der Waals surface area contributed by atoms with E-state index in [1.54, 1.807) is 0 Å². The van der Waals surface area contributed by atoms with Crippen molar-refractivity contribution in [1.82, 2.24) is 9.88 Å². The van der Waals surface area contributed by atoms with E-state index in [9.17, 15) is 14.7 Å². The number of rotatable bonds is 8. The van der Waals surface area contributed by atoms with Crippen molar-refractivity contribution in [3.63, 3.8) is 0 Å². The topological polar surface area (TPSA) is 95.0 Å². The first-order valence-corrected chi connectivity index (χ1v) is 13.0. The van der Waals surface area contributed by atoms with Gasteiger partial charge in [0.15, 0.2) is 5.78 Å². The summed E-state index contributed by atoms with van der Waals surface area (Å²) >= 11 is 0. The molecule has 194 valence electrons. The molecule has 2 aromatic rings. The summed E-state index contributed by atoms with van der Waals surface area (Å²) in [7, 11) is 0. The van der Waals surface area contributed by atoms with Crippen molar-refractivity contribution in [2.45, 2.75) is 40.0 Å². The van der Waals surface area contributed by atoms with E-state index in [-0.39, 0.29) is 30.8 Å². The molecule has 2 atom stereocenters. The molecule has 0 saturated carbocycles. The highest BCUT2D eigenvalue weighted by molar-refractivity contribution is 5.96. The third-order valence-electron chi connectivity index (χ3n) is 7.23. The van der Waals surface area contributed by atoms with Crippen LogP contribution in [0.25, 0.3) is 11.1 Å². The molecule has 2 amide bonds. The molecule has 2 aliphatic heterocycles. The minimum absolute atomic E-state index is 0.0430. The molecule has 8 heteroatoms. The highest BCUT2D eigenvalue weighted by Crippen LogP contribution is 2.31. The van der Waals surface area contributed by atoms with Crippen LogP contribution in [0.1, 0.15) is 49.2 Å². The third-order valence-corrected chi connectivity index (χ3v) is 7.23. The molecule has 2 aliphatic rings. The Morgan fingerprint density at radius 2 is 1.97 bits per heavy atom. The summed E-state index contributed by atoms with van der Waals surface area (Å²) in [4.78, 5) is 34.6. The second-order valence-corrected chi connectivity index (χ2v) is 10.1. The smallest absolute Gasteiger partial charge is 0.321 e. The van der Waals surface area contributed by atoms with Crippen LogP contribution >= 0.6 is 0 Å². The first kappa shape index (κ1) is 26.1. The standard InChI is InChI=1S/C28H38N4O4/c1-4-21-7-8-32(17-21)28(35)29-23-6-5-20(3)24(16-23)22-14-25(26(34)13-19(2)18-33)30-27(15-22)31-9-11-36-12-10-31/h5-6,14-16,19,21,33H,4,7-13,17-18H2,1-3H3,(H,29,35)/t19-,21-/m1/s1. The summed E-state index contributed by atoms with van der Waals surface area (Å²) in [5.41, 5.74) is 3.99. The lowest BCUT2D eigenvalue weighted by atomic mass is 9.97. The summed E-state index contributed by atoms with van der Waals surface area (Å²) in [6.45, 7) is 10.2. The predicted molar refractivity (Wildman–Crippen MR) is 142 cm³/mol. The fourth-order valence-electron chi connectivity index (χ4n) is 4.82. The van der Waals surface area contributed by atoms with Gasteiger partial charge < -0.3 is 25.0 Å². The van der Waals surface area contributed by atoms with Crippen LogP contribution in [0.4, 0.5) is 16.3 Å². The van der Waals surface area contributed by atoms with Crippen LogP contribution in [0.15, 0.2) is 30.3 Å². The number of aliphatic hydroxyl groups excluding tert-OH is 1. The van der Waals surface area contributed by atoms with Gasteiger partial charge in [0.2, 0.25) is 0 Å². The highest BCUT2D eigenvalue weighted by atomic mass is 16.5. The van der Waals surface area contributed by atoms with E-state index in [2.05, 4.69) is 17.1 Å². The van der Waals surface area contributed by atoms with Crippen LogP contribution in [0.2, 0.25) is 0 Å². The zero-order valence-corrected chi connectivity index (χ0v) is 21.6. The van der Waals surface area contributed by atoms with Crippen molar-refractivity contribution in [2.75, 3.05) is 56.2 Å². The number of hydrogen-bond donors (Lipinski definition) is 2. The molecule has 0 unspecified atom stereocenters. The average Bonchev–Trinajstić information content (AvgIpc) is 3.39. The number of morpholine rings is 1. The van der Waals surface area contributed by atoms with Gasteiger partial charge in [-0.05, 0) is 66.1 Å². The molecular formula is C28H38N4O4. The summed E-state index contributed by atoms with van der Waals surface area (Å²) in [6, 6.07) is 9.66. The summed E-state index contributed by atoms with van der Waals surface area (Å²) < 4.78 is 5.50. The Kier molecular flexibility index (Phi) is 8.59. The van der Waals surface area contributed by atoms with Crippen LogP contribution in [0.3, 0.4) is 0 Å². The summed E-state index contributed by atoms with van der Waals surface area (Å²) in [6.07, 6.45) is 2.37. The highest BCUT2D eigenvalue weighted by Gasteiger charge is 2.25. The normalized spacial score (nSPS) is 18.8. The second-order valence-electron chi connectivity index (χ2n) is 10.1. The molecule has 8 nitrogen and oxygen atoms in total. The number of hydrogen-bond acceptors (Lipinski definition) is 6. The van der Waals surface area contributed by atoms with Gasteiger partial charge in [-0.25, -0.2) is 9.78 Å². The zero-order chi connectivity index (χ0) is 25.7. The van der Waals surface area contributed by atoms with Gasteiger partial charge in [0.1, 0.15) is 11.5 Å². The zero-order valence-electron chi connectivity index (χ0n) is 21.6. The minimum Gasteiger partial charge on any atom is -0.396 e. The molecule has 2 fully saturated rings. The van der Waals surface area contributed by atoms with Gasteiger partial charge in [-0.3, -0.25) is 4.79 Å². The lowest BCUT2D eigenvalue weighted by Crippen LogP contribution is -2.37. The number of carbonyl (C=O) groups is 2. The quantitative estimate of drug-likeness (QED) is 0.530. The summed E-state index contributed by atoms with van der Waals surface area (Å²) in [5.74, 6) is 1.10. The van der Waals surface area contributed by atoms with Crippen molar-refractivity contribution in [1.29, 1.82) is 0 Å². The Bertz CT molecular complexity index is 1080. The molecule has 0 aliphatic carbocycles. The van der Waals surface area contributed by atoms with Gasteiger partial charge in [0.25, 0.3) is 0 Å². The maximum atomic E-state index is 13.0. The first-order valence-electron chi connectivity index (χ1n) is 13.0. The van der Waals surface area contributed by atoms with Crippen molar-refractivity contribution < 1.29 is 19.4 Å². The molecule has 1 aromatic heterocycles. The molecular weight excluding hydrogens is 456 g/mol. The van der Waals surface area contributed by atoms with Gasteiger partial charge >= 0.3 is 6.03 Å². The van der Waals surface area contributed by atoms with Crippen LogP contribution in [0, 0.1) is 18.8 Å². The lowest BCUT2D eigenvalue weighted by molar-refractivity contribution is 0.0938. The van der Waals surface area contributed by atoms with Crippen LogP contribution < -0.4 is 10.2 Å². The van der Waals surface area contributed by atoms with Gasteiger partial charge in [-0.1, -0.05) is 26.3 Å². The fraction of sp³-hybridized carbons (Fsp3) is 0.536. The van der Waals surface area contributed by atoms with Crippen LogP contribution in [-0.2, 0) is 4.74 Å². The number of aromatic nitrogens is 1. The predicted octanol–water partition coefficient (Wildman–Crippen LogP) is 4.36. The number of urea groups is 1. The maximum Gasteiger partial charge on any atom is 0.321 e. The van der Waals surface area contributed by atoms with E-state index in [1.807, 2.05) is 49.1 Å². The second kappa shape index (κ2) is 11.8. The minimum atomic E-state index is -0.132. The number of Topliss-reactive ketones (excluding diaryl/α,β-unsaturated/α-hetero) is 1. The van der Waals surface area contributed by atoms with Crippen LogP contribution in [0.5, 0.6) is 0 Å². The number of pyridine rings is 1. The van der Waals surface area contributed by atoms with Crippen molar-refractivity contribution >= 4 is 23.3 Å². The lowest BCUT2D eigenvalue weighted by Gasteiger charge is -2.28. The van der Waals surface area contributed by atoms with E-state index in [1.165, 1.54) is 0 Å². The Morgan fingerprint density at radius 1 is 1.19 bits per heavy atom. The molecule has 0 bridgehead atoms. The number of ketones is 1. The monoisotopic (exact) mass is 494 g/mol. The largest absolute Gasteiger partial charge is 0.396 e. The molecule has 4 rings (SSSR count). The molecule has 3 heterocycles. The number of nitrogens with zero attached hydrogens (tertiary/aromatic N) is 3. The molecule has 2 saturated heterocycles. The maximum absolute atomic E-state index is 13.0. The summed E-state index contributed by atoms with van der Waals surface area (Å²) in [5, 5.41) is 12.5. The molecule has 0 spiro atoms. The molecule has 36 heavy (non-hydrogen) atoms. The fourth-order valence-corrected chi connectivity index (χ4v) is 4.82. The number of amides is 2. The van der Waals surface area contributed by atoms with E-state index in [0.29, 0.717) is 37.9 Å². The Labute approximate surface area is 213 Å². The number of likely N-dealkylation sites (tertiary alicyclic amines) is 1. The molecule has 0 radical (unpaired) electrons. The van der Waals surface area contributed by atoms with Crippen LogP contribution in [-0.4, -0.2) is 72.8 Å². The number of nitrogens with one attached hydrogen (secondary N) is 1. The average molecular weight is 495 g/mol. The van der Waals surface area contributed by atoms with E-state index >= 15 is 0 Å². The Hall–Kier alpha value is -2.97. The van der Waals surface area contributed by atoms with Crippen molar-refractivity contribution in [3.05, 3.63) is 41.6 Å². The van der Waals surface area contributed by atoms with E-state index in [0.717, 1.165) is 54.1 Å². The third kappa shape index (κ3) is 6.23. The number of ether oxygens (including phenoxy) is 1. The number of carbonyl (C=O) groups excluding carboxylic acids is 2. The van der Waals surface area contributed by atoms with E-state index < -0.39 is 0 Å². The first-order chi connectivity index (χ1) is 17.4. The van der Waals surface area contributed by atoms with Gasteiger partial charge in [-0.2, -0.15) is 0 Å². The van der Waals surface area contributed by atoms with Gasteiger partial charge in [0, 0.05) is 44.9 Å². The van der Waals surface area contributed by atoms with E-state index in [4.69, 9.17) is 9.72 Å². The van der Waals surface area contributed by atoms with Crippen molar-refractivity contribution in [2.24, 2.45) is 11.8 Å². The number of aliphatic hydroxyl groups is 1. The number of anilines is 2. The SMILES string of the molecule is CC[C@@H]1CCN(C(=O)Nc2ccc(C)c(-c3cc(C(=O)C[C@@H](C)CO)nc(N4CCOCC4)c3)c2)C1. The Morgan fingerprint density at radius 3 is 2.67 bits per heavy atom. The number of aryl methyl sites for hydroxylation is 1. The van der Waals surface area contributed by atoms with Gasteiger partial charge in [0.05, 0.1) is 13.2 Å². The van der Waals surface area contributed by atoms with Crippen molar-refractivity contribution in [3.8, 4) is 11.1 Å².